The third-order valence-electron chi connectivity index (χ3n) is 4.79. The maximum Gasteiger partial charge on any atom is 0.282 e. The molecule has 1 heterocycles. The van der Waals surface area contributed by atoms with Gasteiger partial charge in [0.1, 0.15) is 0 Å². The number of carbonyl (C=O) groups is 2. The Kier molecular flexibility index (Phi) is 4.63. The number of methoxy groups -OCH3 is 2. The Morgan fingerprint density at radius 3 is 2.33 bits per heavy atom. The quantitative estimate of drug-likeness (QED) is 0.278. The van der Waals surface area contributed by atoms with Gasteiger partial charge in [-0.3, -0.25) is 19.7 Å². The molecule has 0 atom stereocenters. The first-order valence-corrected chi connectivity index (χ1v) is 8.81. The number of hydrogen-bond donors (Lipinski definition) is 0. The highest BCUT2D eigenvalue weighted by atomic mass is 16.6. The molecule has 0 unspecified atom stereocenters. The Hall–Kier alpha value is -4.27. The summed E-state index contributed by atoms with van der Waals surface area (Å²) in [6.45, 7) is 0. The zero-order valence-corrected chi connectivity index (χ0v) is 16.0. The minimum absolute atomic E-state index is 0.168. The topological polar surface area (TPSA) is 111 Å². The number of benzene rings is 3. The molecule has 9 nitrogen and oxygen atoms in total. The largest absolute Gasteiger partial charge is 0.493 e. The second kappa shape index (κ2) is 7.28. The Morgan fingerprint density at radius 1 is 0.967 bits per heavy atom. The first-order chi connectivity index (χ1) is 14.5. The van der Waals surface area contributed by atoms with E-state index >= 15 is 0 Å². The molecule has 0 spiro atoms. The highest BCUT2D eigenvalue weighted by Gasteiger charge is 2.34. The summed E-state index contributed by atoms with van der Waals surface area (Å²) >= 11 is 0. The molecule has 4 rings (SSSR count). The Morgan fingerprint density at radius 2 is 1.67 bits per heavy atom. The van der Waals surface area contributed by atoms with E-state index in [4.69, 9.17) is 9.47 Å². The highest BCUT2D eigenvalue weighted by Crippen LogP contribution is 2.35. The second-order valence-electron chi connectivity index (χ2n) is 6.40. The summed E-state index contributed by atoms with van der Waals surface area (Å²) in [6.07, 6.45) is 1.36. The van der Waals surface area contributed by atoms with Crippen molar-refractivity contribution in [3.8, 4) is 11.5 Å². The lowest BCUT2D eigenvalue weighted by Crippen LogP contribution is -2.36. The van der Waals surface area contributed by atoms with Crippen LogP contribution in [0.15, 0.2) is 53.6 Å². The Balaban J connectivity index is 1.76. The monoisotopic (exact) mass is 405 g/mol. The number of nitro benzene ring substituents is 1. The van der Waals surface area contributed by atoms with Crippen molar-refractivity contribution in [3.05, 3.63) is 75.3 Å². The van der Waals surface area contributed by atoms with Gasteiger partial charge in [-0.25, -0.2) is 0 Å². The van der Waals surface area contributed by atoms with Crippen molar-refractivity contribution in [3.63, 3.8) is 0 Å². The summed E-state index contributed by atoms with van der Waals surface area (Å²) in [6, 6.07) is 12.2. The van der Waals surface area contributed by atoms with Crippen LogP contribution < -0.4 is 9.47 Å². The number of hydrogen-bond acceptors (Lipinski definition) is 7. The first-order valence-electron chi connectivity index (χ1n) is 8.81. The normalized spacial score (nSPS) is 13.2. The van der Waals surface area contributed by atoms with Gasteiger partial charge in [-0.2, -0.15) is 10.1 Å². The number of ether oxygens (including phenoxy) is 2. The molecule has 0 N–H and O–H groups in total. The predicted molar refractivity (Wildman–Crippen MR) is 108 cm³/mol. The molecule has 30 heavy (non-hydrogen) atoms. The molecule has 150 valence electrons. The molecule has 0 radical (unpaired) electrons. The second-order valence-corrected chi connectivity index (χ2v) is 6.40. The van der Waals surface area contributed by atoms with E-state index < -0.39 is 16.7 Å². The fraction of sp³-hybridized carbons (Fsp3) is 0.0952. The predicted octanol–water partition coefficient (Wildman–Crippen LogP) is 3.40. The van der Waals surface area contributed by atoms with Crippen LogP contribution in [0.2, 0.25) is 0 Å². The van der Waals surface area contributed by atoms with Crippen LogP contribution in [0.25, 0.3) is 10.8 Å². The van der Waals surface area contributed by atoms with Crippen molar-refractivity contribution in [2.24, 2.45) is 5.10 Å². The molecule has 3 aromatic carbocycles. The Bertz CT molecular complexity index is 1230. The number of carbonyl (C=O) groups excluding carboxylic acids is 2. The fourth-order valence-electron chi connectivity index (χ4n) is 3.39. The molecule has 9 heteroatoms. The molecule has 0 bridgehead atoms. The van der Waals surface area contributed by atoms with Gasteiger partial charge in [0.2, 0.25) is 0 Å². The first kappa shape index (κ1) is 19.1. The summed E-state index contributed by atoms with van der Waals surface area (Å²) in [7, 11) is 3.01. The van der Waals surface area contributed by atoms with Gasteiger partial charge in [0.15, 0.2) is 11.5 Å². The van der Waals surface area contributed by atoms with Crippen LogP contribution >= 0.6 is 0 Å². The maximum atomic E-state index is 12.9. The van der Waals surface area contributed by atoms with E-state index in [1.165, 1.54) is 44.7 Å². The SMILES string of the molecule is COc1ccc(/C=N\N2C(=O)c3cccc4c([N+](=O)[O-])ccc(c34)C2=O)cc1OC. The number of hydrazone groups is 1. The van der Waals surface area contributed by atoms with Crippen LogP contribution in [0.3, 0.4) is 0 Å². The lowest BCUT2D eigenvalue weighted by atomic mass is 9.94. The number of imide groups is 1. The third kappa shape index (κ3) is 2.93. The number of nitrogens with zero attached hydrogens (tertiary/aromatic N) is 3. The molecule has 1 aliphatic rings. The van der Waals surface area contributed by atoms with Gasteiger partial charge >= 0.3 is 0 Å². The van der Waals surface area contributed by atoms with Gasteiger partial charge in [-0.15, -0.1) is 0 Å². The summed E-state index contributed by atoms with van der Waals surface area (Å²) in [5, 5.41) is 16.6. The molecule has 0 saturated heterocycles. The van der Waals surface area contributed by atoms with E-state index in [9.17, 15) is 19.7 Å². The van der Waals surface area contributed by atoms with E-state index in [-0.39, 0.29) is 27.6 Å². The van der Waals surface area contributed by atoms with Crippen LogP contribution in [0.4, 0.5) is 5.69 Å². The van der Waals surface area contributed by atoms with Crippen molar-refractivity contribution in [1.82, 2.24) is 5.01 Å². The molecule has 0 fully saturated rings. The standard InChI is InChI=1S/C21H15N3O6/c1-29-17-9-6-12(10-18(17)30-2)11-22-23-20(25)14-5-3-4-13-16(24(27)28)8-7-15(19(13)14)21(23)26/h3-11H,1-2H3/b22-11-. The van der Waals surface area contributed by atoms with Crippen molar-refractivity contribution >= 4 is 34.5 Å². The van der Waals surface area contributed by atoms with E-state index in [1.807, 2.05) is 0 Å². The van der Waals surface area contributed by atoms with Gasteiger partial charge < -0.3 is 9.47 Å². The fourth-order valence-corrected chi connectivity index (χ4v) is 3.39. The molecule has 0 saturated carbocycles. The third-order valence-corrected chi connectivity index (χ3v) is 4.79. The van der Waals surface area contributed by atoms with Crippen molar-refractivity contribution in [2.75, 3.05) is 14.2 Å². The zero-order valence-electron chi connectivity index (χ0n) is 16.0. The summed E-state index contributed by atoms with van der Waals surface area (Å²) in [5.74, 6) is -0.312. The van der Waals surface area contributed by atoms with E-state index in [0.717, 1.165) is 5.01 Å². The average Bonchev–Trinajstić information content (AvgIpc) is 2.76. The lowest BCUT2D eigenvalue weighted by molar-refractivity contribution is -0.383. The molecule has 2 amide bonds. The molecule has 0 aromatic heterocycles. The van der Waals surface area contributed by atoms with Gasteiger partial charge in [-0.05, 0) is 42.0 Å². The lowest BCUT2D eigenvalue weighted by Gasteiger charge is -2.23. The summed E-state index contributed by atoms with van der Waals surface area (Å²) in [4.78, 5) is 36.6. The number of nitro groups is 1. The molecule has 3 aromatic rings. The molecule has 0 aliphatic carbocycles. The smallest absolute Gasteiger partial charge is 0.282 e. The number of amides is 2. The van der Waals surface area contributed by atoms with E-state index in [0.29, 0.717) is 17.1 Å². The number of non-ortho nitro benzene ring substituents is 1. The minimum Gasteiger partial charge on any atom is -0.493 e. The summed E-state index contributed by atoms with van der Waals surface area (Å²) in [5.41, 5.74) is 0.768. The summed E-state index contributed by atoms with van der Waals surface area (Å²) < 4.78 is 10.4. The van der Waals surface area contributed by atoms with Crippen LogP contribution in [-0.4, -0.2) is 42.2 Å². The molecular formula is C21H15N3O6. The van der Waals surface area contributed by atoms with E-state index in [1.54, 1.807) is 24.3 Å². The zero-order chi connectivity index (χ0) is 21.4. The van der Waals surface area contributed by atoms with E-state index in [2.05, 4.69) is 5.10 Å². The van der Waals surface area contributed by atoms with Crippen molar-refractivity contribution in [1.29, 1.82) is 0 Å². The number of rotatable bonds is 5. The van der Waals surface area contributed by atoms with Gasteiger partial charge in [0.25, 0.3) is 17.5 Å². The average molecular weight is 405 g/mol. The van der Waals surface area contributed by atoms with Crippen LogP contribution in [0, 0.1) is 10.1 Å². The van der Waals surface area contributed by atoms with Gasteiger partial charge in [0.05, 0.1) is 41.9 Å². The van der Waals surface area contributed by atoms with Crippen molar-refractivity contribution < 1.29 is 24.0 Å². The van der Waals surface area contributed by atoms with Gasteiger partial charge in [0, 0.05) is 11.5 Å². The maximum absolute atomic E-state index is 12.9. The highest BCUT2D eigenvalue weighted by molar-refractivity contribution is 6.26. The Labute approximate surface area is 170 Å². The molecule has 1 aliphatic heterocycles. The van der Waals surface area contributed by atoms with Crippen LogP contribution in [0.1, 0.15) is 26.3 Å². The minimum atomic E-state index is -0.657. The van der Waals surface area contributed by atoms with Crippen molar-refractivity contribution in [2.45, 2.75) is 0 Å². The van der Waals surface area contributed by atoms with Crippen LogP contribution in [0.5, 0.6) is 11.5 Å². The molecular weight excluding hydrogens is 390 g/mol. The van der Waals surface area contributed by atoms with Gasteiger partial charge in [-0.1, -0.05) is 6.07 Å². The van der Waals surface area contributed by atoms with Crippen LogP contribution in [-0.2, 0) is 0 Å².